The van der Waals surface area contributed by atoms with Gasteiger partial charge in [-0.2, -0.15) is 0 Å². The smallest absolute Gasteiger partial charge is 0.137 e. The predicted octanol–water partition coefficient (Wildman–Crippen LogP) is 4.28. The average molecular weight is 313 g/mol. The van der Waals surface area contributed by atoms with Gasteiger partial charge < -0.3 is 0 Å². The summed E-state index contributed by atoms with van der Waals surface area (Å²) in [6.07, 6.45) is 0.976. The Morgan fingerprint density at radius 2 is 2.00 bits per heavy atom. The van der Waals surface area contributed by atoms with Gasteiger partial charge in [0.25, 0.3) is 0 Å². The first kappa shape index (κ1) is 11.2. The number of halogens is 1. The summed E-state index contributed by atoms with van der Waals surface area (Å²) in [5.74, 6) is 0. The second kappa shape index (κ2) is 3.70. The van der Waals surface area contributed by atoms with E-state index in [1.807, 2.05) is 0 Å². The van der Waals surface area contributed by atoms with Crippen LogP contribution in [0.2, 0.25) is 0 Å². The van der Waals surface area contributed by atoms with Gasteiger partial charge in [-0.3, -0.25) is 4.40 Å². The summed E-state index contributed by atoms with van der Waals surface area (Å²) in [6, 6.07) is 10.8. The summed E-state index contributed by atoms with van der Waals surface area (Å²) >= 11 is 3.61. The molecule has 0 amide bonds. The van der Waals surface area contributed by atoms with Crippen LogP contribution in [0.3, 0.4) is 0 Å². The molecular formula is C16H13BrN2. The minimum absolute atomic E-state index is 0.976. The number of fused-ring (bicyclic) bond motifs is 5. The zero-order valence-electron chi connectivity index (χ0n) is 10.9. The van der Waals surface area contributed by atoms with Crippen molar-refractivity contribution in [3.05, 3.63) is 57.3 Å². The van der Waals surface area contributed by atoms with Crippen LogP contribution in [0.4, 0.5) is 0 Å². The minimum atomic E-state index is 0.976. The fourth-order valence-electron chi connectivity index (χ4n) is 2.96. The molecular weight excluding hydrogens is 300 g/mol. The standard InChI is InChI=1S/C16H13BrN2/c1-9-3-4-11-8-14-16(12(11)7-9)18-15-6-5-13(17)10(2)19(14)15/h3-7H,8H2,1-2H3. The number of hydrogen-bond acceptors (Lipinski definition) is 1. The van der Waals surface area contributed by atoms with E-state index in [1.165, 1.54) is 28.1 Å². The van der Waals surface area contributed by atoms with E-state index in [9.17, 15) is 0 Å². The van der Waals surface area contributed by atoms with Gasteiger partial charge in [0.2, 0.25) is 0 Å². The molecule has 0 atom stereocenters. The topological polar surface area (TPSA) is 17.3 Å². The molecule has 1 aliphatic carbocycles. The highest BCUT2D eigenvalue weighted by Gasteiger charge is 2.24. The lowest BCUT2D eigenvalue weighted by atomic mass is 10.1. The van der Waals surface area contributed by atoms with Crippen LogP contribution < -0.4 is 0 Å². The van der Waals surface area contributed by atoms with Crippen molar-refractivity contribution in [1.29, 1.82) is 0 Å². The number of aromatic nitrogens is 2. The monoisotopic (exact) mass is 312 g/mol. The normalized spacial score (nSPS) is 12.8. The fraction of sp³-hybridized carbons (Fsp3) is 0.188. The van der Waals surface area contributed by atoms with Gasteiger partial charge >= 0.3 is 0 Å². The molecule has 19 heavy (non-hydrogen) atoms. The van der Waals surface area contributed by atoms with E-state index in [1.54, 1.807) is 0 Å². The first-order valence-electron chi connectivity index (χ1n) is 6.41. The zero-order valence-corrected chi connectivity index (χ0v) is 12.5. The van der Waals surface area contributed by atoms with Crippen molar-refractivity contribution in [2.45, 2.75) is 20.3 Å². The van der Waals surface area contributed by atoms with E-state index >= 15 is 0 Å². The minimum Gasteiger partial charge on any atom is -0.299 e. The van der Waals surface area contributed by atoms with E-state index in [2.05, 4.69) is 64.5 Å². The van der Waals surface area contributed by atoms with Crippen LogP contribution in [0, 0.1) is 13.8 Å². The van der Waals surface area contributed by atoms with Crippen LogP contribution >= 0.6 is 15.9 Å². The Morgan fingerprint density at radius 1 is 1.16 bits per heavy atom. The summed E-state index contributed by atoms with van der Waals surface area (Å²) in [6.45, 7) is 4.27. The molecule has 3 aromatic rings. The number of nitrogens with zero attached hydrogens (tertiary/aromatic N) is 2. The Kier molecular flexibility index (Phi) is 2.19. The Hall–Kier alpha value is -1.61. The molecule has 2 heterocycles. The molecule has 0 unspecified atom stereocenters. The Labute approximate surface area is 120 Å². The molecule has 0 aliphatic heterocycles. The van der Waals surface area contributed by atoms with E-state index in [-0.39, 0.29) is 0 Å². The van der Waals surface area contributed by atoms with Gasteiger partial charge in [0.05, 0.1) is 11.4 Å². The Morgan fingerprint density at radius 3 is 2.84 bits per heavy atom. The van der Waals surface area contributed by atoms with Gasteiger partial charge in [-0.15, -0.1) is 0 Å². The maximum atomic E-state index is 4.82. The largest absolute Gasteiger partial charge is 0.299 e. The highest BCUT2D eigenvalue weighted by Crippen LogP contribution is 2.38. The van der Waals surface area contributed by atoms with Gasteiger partial charge in [0, 0.05) is 22.2 Å². The first-order valence-corrected chi connectivity index (χ1v) is 7.21. The highest BCUT2D eigenvalue weighted by molar-refractivity contribution is 9.10. The summed E-state index contributed by atoms with van der Waals surface area (Å²) in [5.41, 5.74) is 8.70. The highest BCUT2D eigenvalue weighted by atomic mass is 79.9. The third-order valence-corrected chi connectivity index (χ3v) is 4.78. The molecule has 0 spiro atoms. The molecule has 3 heteroatoms. The number of imidazole rings is 1. The third kappa shape index (κ3) is 1.45. The van der Waals surface area contributed by atoms with Gasteiger partial charge in [-0.05, 0) is 53.5 Å². The fourth-order valence-corrected chi connectivity index (χ4v) is 3.27. The number of aryl methyl sites for hydroxylation is 2. The molecule has 0 fully saturated rings. The quantitative estimate of drug-likeness (QED) is 0.473. The van der Waals surface area contributed by atoms with Crippen LogP contribution in [0.5, 0.6) is 0 Å². The maximum absolute atomic E-state index is 4.82. The SMILES string of the molecule is Cc1ccc2c(c1)-c1nc3ccc(Br)c(C)n3c1C2. The molecule has 0 N–H and O–H groups in total. The van der Waals surface area contributed by atoms with E-state index < -0.39 is 0 Å². The molecule has 0 radical (unpaired) electrons. The van der Waals surface area contributed by atoms with Crippen LogP contribution in [-0.2, 0) is 6.42 Å². The second-order valence-corrected chi connectivity index (χ2v) is 6.06. The van der Waals surface area contributed by atoms with Crippen LogP contribution in [0.1, 0.15) is 22.5 Å². The van der Waals surface area contributed by atoms with E-state index in [4.69, 9.17) is 4.98 Å². The molecule has 0 saturated heterocycles. The molecule has 0 saturated carbocycles. The van der Waals surface area contributed by atoms with Gasteiger partial charge in [0.1, 0.15) is 5.65 Å². The van der Waals surface area contributed by atoms with Crippen molar-refractivity contribution < 1.29 is 0 Å². The summed E-state index contributed by atoms with van der Waals surface area (Å²) in [7, 11) is 0. The van der Waals surface area contributed by atoms with Crippen LogP contribution in [0.15, 0.2) is 34.8 Å². The lowest BCUT2D eigenvalue weighted by Crippen LogP contribution is -1.97. The van der Waals surface area contributed by atoms with Gasteiger partial charge in [-0.1, -0.05) is 17.7 Å². The summed E-state index contributed by atoms with van der Waals surface area (Å²) in [4.78, 5) is 4.82. The predicted molar refractivity (Wildman–Crippen MR) is 80.6 cm³/mol. The Bertz CT molecular complexity index is 830. The van der Waals surface area contributed by atoms with Gasteiger partial charge in [0.15, 0.2) is 0 Å². The third-order valence-electron chi connectivity index (χ3n) is 3.94. The van der Waals surface area contributed by atoms with Crippen molar-refractivity contribution in [2.24, 2.45) is 0 Å². The van der Waals surface area contributed by atoms with Crippen molar-refractivity contribution in [3.8, 4) is 11.3 Å². The van der Waals surface area contributed by atoms with Crippen molar-refractivity contribution >= 4 is 21.6 Å². The lowest BCUT2D eigenvalue weighted by molar-refractivity contribution is 0.992. The number of pyridine rings is 1. The molecule has 1 aromatic carbocycles. The molecule has 2 aromatic heterocycles. The number of hydrogen-bond donors (Lipinski definition) is 0. The Balaban J connectivity index is 2.09. The van der Waals surface area contributed by atoms with Gasteiger partial charge in [-0.25, -0.2) is 4.98 Å². The molecule has 2 nitrogen and oxygen atoms in total. The lowest BCUT2D eigenvalue weighted by Gasteiger charge is -2.05. The van der Waals surface area contributed by atoms with Crippen molar-refractivity contribution in [3.63, 3.8) is 0 Å². The molecule has 1 aliphatic rings. The number of rotatable bonds is 0. The summed E-state index contributed by atoms with van der Waals surface area (Å²) < 4.78 is 3.40. The molecule has 4 rings (SSSR count). The molecule has 0 bridgehead atoms. The summed E-state index contributed by atoms with van der Waals surface area (Å²) in [5, 5.41) is 0. The number of benzene rings is 1. The maximum Gasteiger partial charge on any atom is 0.137 e. The molecule has 94 valence electrons. The second-order valence-electron chi connectivity index (χ2n) is 5.20. The van der Waals surface area contributed by atoms with Crippen LogP contribution in [-0.4, -0.2) is 9.38 Å². The average Bonchev–Trinajstić information content (AvgIpc) is 2.90. The van der Waals surface area contributed by atoms with Crippen molar-refractivity contribution in [2.75, 3.05) is 0 Å². The van der Waals surface area contributed by atoms with Crippen LogP contribution in [0.25, 0.3) is 16.9 Å². The van der Waals surface area contributed by atoms with E-state index in [0.29, 0.717) is 0 Å². The first-order chi connectivity index (χ1) is 9.15. The van der Waals surface area contributed by atoms with E-state index in [0.717, 1.165) is 22.2 Å². The zero-order chi connectivity index (χ0) is 13.1. The van der Waals surface area contributed by atoms with Crippen molar-refractivity contribution in [1.82, 2.24) is 9.38 Å².